The highest BCUT2D eigenvalue weighted by Gasteiger charge is 2.19. The lowest BCUT2D eigenvalue weighted by atomic mass is 10.1. The first kappa shape index (κ1) is 15.5. The van der Waals surface area contributed by atoms with Crippen LogP contribution in [-0.4, -0.2) is 29.6 Å². The summed E-state index contributed by atoms with van der Waals surface area (Å²) in [5.41, 5.74) is 1.09. The van der Waals surface area contributed by atoms with Crippen molar-refractivity contribution in [3.05, 3.63) is 10.2 Å². The Balaban J connectivity index is 2.35. The van der Waals surface area contributed by atoms with Gasteiger partial charge in [0.1, 0.15) is 5.82 Å². The number of aromatic nitrogens is 2. The Bertz CT molecular complexity index is 440. The van der Waals surface area contributed by atoms with Gasteiger partial charge in [-0.25, -0.2) is 4.98 Å². The van der Waals surface area contributed by atoms with Gasteiger partial charge in [-0.1, -0.05) is 26.7 Å². The van der Waals surface area contributed by atoms with Gasteiger partial charge < -0.3 is 10.2 Å². The zero-order valence-electron chi connectivity index (χ0n) is 12.7. The van der Waals surface area contributed by atoms with Crippen LogP contribution >= 0.6 is 15.9 Å². The molecule has 0 amide bonds. The minimum atomic E-state index is 0.385. The van der Waals surface area contributed by atoms with Gasteiger partial charge in [-0.2, -0.15) is 4.98 Å². The summed E-state index contributed by atoms with van der Waals surface area (Å²) in [7, 11) is 0. The van der Waals surface area contributed by atoms with Crippen LogP contribution in [0.4, 0.5) is 11.8 Å². The molecule has 1 aromatic heterocycles. The van der Waals surface area contributed by atoms with Crippen molar-refractivity contribution in [1.29, 1.82) is 0 Å². The summed E-state index contributed by atoms with van der Waals surface area (Å²) in [5.74, 6) is 2.19. The van der Waals surface area contributed by atoms with Gasteiger partial charge in [-0.15, -0.1) is 0 Å². The Morgan fingerprint density at radius 2 is 1.80 bits per heavy atom. The molecule has 5 heteroatoms. The van der Waals surface area contributed by atoms with Gasteiger partial charge in [-0.05, 0) is 41.6 Å². The Morgan fingerprint density at radius 1 is 1.15 bits per heavy atom. The maximum Gasteiger partial charge on any atom is 0.227 e. The zero-order valence-corrected chi connectivity index (χ0v) is 14.3. The molecule has 0 saturated carbocycles. The van der Waals surface area contributed by atoms with Gasteiger partial charge in [-0.3, -0.25) is 0 Å². The van der Waals surface area contributed by atoms with Crippen molar-refractivity contribution in [2.45, 2.75) is 52.4 Å². The Hall–Kier alpha value is -0.840. The van der Waals surface area contributed by atoms with Gasteiger partial charge in [0, 0.05) is 19.6 Å². The summed E-state index contributed by atoms with van der Waals surface area (Å²) in [6, 6.07) is 0. The lowest BCUT2D eigenvalue weighted by molar-refractivity contribution is 0.726. The summed E-state index contributed by atoms with van der Waals surface area (Å²) in [5, 5.41) is 3.34. The van der Waals surface area contributed by atoms with E-state index in [9.17, 15) is 0 Å². The van der Waals surface area contributed by atoms with Gasteiger partial charge in [0.25, 0.3) is 0 Å². The highest BCUT2D eigenvalue weighted by molar-refractivity contribution is 9.10. The number of nitrogens with zero attached hydrogens (tertiary/aromatic N) is 3. The van der Waals surface area contributed by atoms with E-state index in [2.05, 4.69) is 46.9 Å². The molecule has 4 nitrogen and oxygen atoms in total. The largest absolute Gasteiger partial charge is 0.369 e. The standard InChI is InChI=1S/C15H25BrN4/c1-4-17-14-12(16)13(11(2)3)18-15(19-14)20-9-7-5-6-8-10-20/h11H,4-10H2,1-3H3,(H,17,18,19). The first-order valence-corrected chi connectivity index (χ1v) is 8.49. The fourth-order valence-electron chi connectivity index (χ4n) is 2.53. The summed E-state index contributed by atoms with van der Waals surface area (Å²) < 4.78 is 1.01. The monoisotopic (exact) mass is 340 g/mol. The van der Waals surface area contributed by atoms with E-state index in [1.165, 1.54) is 25.7 Å². The number of anilines is 2. The van der Waals surface area contributed by atoms with Crippen LogP contribution in [0.3, 0.4) is 0 Å². The molecule has 112 valence electrons. The molecular weight excluding hydrogens is 316 g/mol. The molecule has 1 saturated heterocycles. The topological polar surface area (TPSA) is 41.1 Å². The molecule has 20 heavy (non-hydrogen) atoms. The van der Waals surface area contributed by atoms with Crippen LogP contribution in [-0.2, 0) is 0 Å². The van der Waals surface area contributed by atoms with E-state index >= 15 is 0 Å². The van der Waals surface area contributed by atoms with Crippen LogP contribution < -0.4 is 10.2 Å². The average Bonchev–Trinajstić information content (AvgIpc) is 2.70. The molecule has 0 radical (unpaired) electrons. The van der Waals surface area contributed by atoms with E-state index < -0.39 is 0 Å². The average molecular weight is 341 g/mol. The molecule has 0 unspecified atom stereocenters. The molecule has 1 fully saturated rings. The number of rotatable bonds is 4. The third kappa shape index (κ3) is 3.62. The maximum atomic E-state index is 4.81. The highest BCUT2D eigenvalue weighted by atomic mass is 79.9. The molecule has 0 atom stereocenters. The number of hydrogen-bond acceptors (Lipinski definition) is 4. The van der Waals surface area contributed by atoms with Gasteiger partial charge >= 0.3 is 0 Å². The van der Waals surface area contributed by atoms with Gasteiger partial charge in [0.05, 0.1) is 10.2 Å². The third-order valence-electron chi connectivity index (χ3n) is 3.65. The SMILES string of the molecule is CCNc1nc(N2CCCCCC2)nc(C(C)C)c1Br. The van der Waals surface area contributed by atoms with Crippen molar-refractivity contribution >= 4 is 27.7 Å². The maximum absolute atomic E-state index is 4.81. The normalized spacial score (nSPS) is 16.4. The predicted octanol–water partition coefficient (Wildman–Crippen LogP) is 4.17. The fraction of sp³-hybridized carbons (Fsp3) is 0.733. The van der Waals surface area contributed by atoms with Crippen LogP contribution in [0.2, 0.25) is 0 Å². The summed E-state index contributed by atoms with van der Waals surface area (Å²) in [6.45, 7) is 9.46. The minimum Gasteiger partial charge on any atom is -0.369 e. The van der Waals surface area contributed by atoms with Crippen LogP contribution in [0.1, 0.15) is 58.1 Å². The lowest BCUT2D eigenvalue weighted by Crippen LogP contribution is -2.27. The van der Waals surface area contributed by atoms with Crippen molar-refractivity contribution in [3.63, 3.8) is 0 Å². The Morgan fingerprint density at radius 3 is 2.35 bits per heavy atom. The fourth-order valence-corrected chi connectivity index (χ4v) is 3.31. The van der Waals surface area contributed by atoms with Crippen molar-refractivity contribution < 1.29 is 0 Å². The van der Waals surface area contributed by atoms with Gasteiger partial charge in [0.15, 0.2) is 0 Å². The van der Waals surface area contributed by atoms with Crippen molar-refractivity contribution in [1.82, 2.24) is 9.97 Å². The second-order valence-electron chi connectivity index (χ2n) is 5.66. The molecule has 0 spiro atoms. The predicted molar refractivity (Wildman–Crippen MR) is 88.7 cm³/mol. The molecule has 0 aromatic carbocycles. The van der Waals surface area contributed by atoms with Crippen molar-refractivity contribution in [3.8, 4) is 0 Å². The molecule has 1 aliphatic rings. The number of halogens is 1. The quantitative estimate of drug-likeness (QED) is 0.892. The molecule has 2 heterocycles. The van der Waals surface area contributed by atoms with E-state index in [0.29, 0.717) is 5.92 Å². The zero-order chi connectivity index (χ0) is 14.5. The third-order valence-corrected chi connectivity index (χ3v) is 4.43. The number of nitrogens with one attached hydrogen (secondary N) is 1. The molecule has 1 aromatic rings. The van der Waals surface area contributed by atoms with E-state index in [4.69, 9.17) is 9.97 Å². The van der Waals surface area contributed by atoms with Crippen LogP contribution in [0, 0.1) is 0 Å². The van der Waals surface area contributed by atoms with Crippen molar-refractivity contribution in [2.24, 2.45) is 0 Å². The summed E-state index contributed by atoms with van der Waals surface area (Å²) in [4.78, 5) is 11.9. The van der Waals surface area contributed by atoms with E-state index in [0.717, 1.165) is 41.6 Å². The molecule has 2 rings (SSSR count). The van der Waals surface area contributed by atoms with Gasteiger partial charge in [0.2, 0.25) is 5.95 Å². The van der Waals surface area contributed by atoms with E-state index in [1.54, 1.807) is 0 Å². The molecule has 0 aliphatic carbocycles. The second-order valence-corrected chi connectivity index (χ2v) is 6.45. The summed E-state index contributed by atoms with van der Waals surface area (Å²) in [6.07, 6.45) is 5.13. The Kier molecular flexibility index (Phi) is 5.64. The first-order chi connectivity index (χ1) is 9.63. The minimum absolute atomic E-state index is 0.385. The first-order valence-electron chi connectivity index (χ1n) is 7.69. The number of hydrogen-bond donors (Lipinski definition) is 1. The highest BCUT2D eigenvalue weighted by Crippen LogP contribution is 2.31. The summed E-state index contributed by atoms with van der Waals surface area (Å²) >= 11 is 3.65. The molecule has 0 bridgehead atoms. The molecule has 1 aliphatic heterocycles. The Labute approximate surface area is 130 Å². The lowest BCUT2D eigenvalue weighted by Gasteiger charge is -2.23. The van der Waals surface area contributed by atoms with Crippen LogP contribution in [0.15, 0.2) is 4.47 Å². The van der Waals surface area contributed by atoms with E-state index in [-0.39, 0.29) is 0 Å². The molecular formula is C15H25BrN4. The van der Waals surface area contributed by atoms with Crippen LogP contribution in [0.5, 0.6) is 0 Å². The van der Waals surface area contributed by atoms with Crippen LogP contribution in [0.25, 0.3) is 0 Å². The smallest absolute Gasteiger partial charge is 0.227 e. The van der Waals surface area contributed by atoms with Crippen molar-refractivity contribution in [2.75, 3.05) is 29.9 Å². The second kappa shape index (κ2) is 7.25. The molecule has 1 N–H and O–H groups in total. The van der Waals surface area contributed by atoms with E-state index in [1.807, 2.05) is 0 Å².